The lowest BCUT2D eigenvalue weighted by Gasteiger charge is -2.14. The molecule has 7 nitrogen and oxygen atoms in total. The summed E-state index contributed by atoms with van der Waals surface area (Å²) < 4.78 is 10.6. The fourth-order valence-electron chi connectivity index (χ4n) is 2.55. The van der Waals surface area contributed by atoms with E-state index in [2.05, 4.69) is 20.6 Å². The summed E-state index contributed by atoms with van der Waals surface area (Å²) in [4.78, 5) is 20.8. The number of carbonyl (C=O) groups excluding carboxylic acids is 1. The number of amides is 1. The Bertz CT molecular complexity index is 1010. The van der Waals surface area contributed by atoms with Crippen LogP contribution >= 0.6 is 11.6 Å². The minimum absolute atomic E-state index is 0.223. The van der Waals surface area contributed by atoms with E-state index in [-0.39, 0.29) is 11.6 Å². The Morgan fingerprint density at radius 1 is 1.00 bits per heavy atom. The predicted octanol–water partition coefficient (Wildman–Crippen LogP) is 4.45. The number of hydrogen-bond acceptors (Lipinski definition) is 6. The number of para-hydroxylation sites is 1. The van der Waals surface area contributed by atoms with Crippen LogP contribution in [-0.2, 0) is 0 Å². The molecule has 8 heteroatoms. The molecule has 144 valence electrons. The van der Waals surface area contributed by atoms with E-state index < -0.39 is 0 Å². The number of aryl methyl sites for hydroxylation is 1. The van der Waals surface area contributed by atoms with E-state index >= 15 is 0 Å². The van der Waals surface area contributed by atoms with Crippen molar-refractivity contribution in [2.75, 3.05) is 24.9 Å². The number of anilines is 3. The third-order valence-electron chi connectivity index (χ3n) is 4.03. The lowest BCUT2D eigenvalue weighted by atomic mass is 10.2. The molecule has 0 spiro atoms. The number of halogens is 1. The Kier molecular flexibility index (Phi) is 5.96. The Hall–Kier alpha value is -3.32. The third kappa shape index (κ3) is 4.32. The Morgan fingerprint density at radius 3 is 2.46 bits per heavy atom. The molecule has 3 rings (SSSR count). The van der Waals surface area contributed by atoms with Gasteiger partial charge in [-0.2, -0.15) is 0 Å². The van der Waals surface area contributed by atoms with Crippen molar-refractivity contribution < 1.29 is 14.3 Å². The number of hydrogen-bond donors (Lipinski definition) is 2. The van der Waals surface area contributed by atoms with E-state index in [0.717, 1.165) is 11.3 Å². The molecular formula is C20H19ClN4O3. The van der Waals surface area contributed by atoms with Crippen molar-refractivity contribution in [1.29, 1.82) is 0 Å². The van der Waals surface area contributed by atoms with Gasteiger partial charge in [0.05, 0.1) is 24.9 Å². The van der Waals surface area contributed by atoms with Crippen molar-refractivity contribution in [2.45, 2.75) is 6.92 Å². The number of ether oxygens (including phenoxy) is 2. The van der Waals surface area contributed by atoms with E-state index in [9.17, 15) is 4.79 Å². The van der Waals surface area contributed by atoms with Gasteiger partial charge in [-0.25, -0.2) is 9.97 Å². The van der Waals surface area contributed by atoms with Crippen molar-refractivity contribution in [3.05, 3.63) is 65.1 Å². The molecular weight excluding hydrogens is 380 g/mol. The van der Waals surface area contributed by atoms with Crippen molar-refractivity contribution in [2.24, 2.45) is 0 Å². The summed E-state index contributed by atoms with van der Waals surface area (Å²) in [6, 6.07) is 12.4. The first kappa shape index (κ1) is 19.4. The molecule has 1 heterocycles. The van der Waals surface area contributed by atoms with Gasteiger partial charge in [0.15, 0.2) is 0 Å². The zero-order valence-corrected chi connectivity index (χ0v) is 16.4. The van der Waals surface area contributed by atoms with Gasteiger partial charge in [-0.15, -0.1) is 0 Å². The predicted molar refractivity (Wildman–Crippen MR) is 109 cm³/mol. The van der Waals surface area contributed by atoms with Crippen molar-refractivity contribution in [1.82, 2.24) is 9.97 Å². The fourth-order valence-corrected chi connectivity index (χ4v) is 2.78. The van der Waals surface area contributed by atoms with Crippen LogP contribution in [0.2, 0.25) is 5.02 Å². The highest BCUT2D eigenvalue weighted by molar-refractivity contribution is 6.32. The Labute approximate surface area is 167 Å². The second-order valence-electron chi connectivity index (χ2n) is 5.87. The fraction of sp³-hybridized carbons (Fsp3) is 0.150. The molecule has 0 bridgehead atoms. The van der Waals surface area contributed by atoms with E-state index in [1.165, 1.54) is 20.5 Å². The van der Waals surface area contributed by atoms with Crippen LogP contribution in [-0.4, -0.2) is 30.1 Å². The monoisotopic (exact) mass is 398 g/mol. The highest BCUT2D eigenvalue weighted by atomic mass is 35.5. The Balaban J connectivity index is 1.84. The normalized spacial score (nSPS) is 10.3. The van der Waals surface area contributed by atoms with E-state index in [4.69, 9.17) is 21.1 Å². The van der Waals surface area contributed by atoms with Crippen LogP contribution in [0.3, 0.4) is 0 Å². The second kappa shape index (κ2) is 8.58. The third-order valence-corrected chi connectivity index (χ3v) is 4.33. The molecule has 2 aromatic carbocycles. The van der Waals surface area contributed by atoms with E-state index in [1.807, 2.05) is 31.2 Å². The molecule has 0 aliphatic carbocycles. The van der Waals surface area contributed by atoms with Crippen molar-refractivity contribution >= 4 is 34.7 Å². The summed E-state index contributed by atoms with van der Waals surface area (Å²) in [7, 11) is 3.06. The summed E-state index contributed by atoms with van der Waals surface area (Å²) >= 11 is 6.13. The van der Waals surface area contributed by atoms with Crippen LogP contribution in [0, 0.1) is 6.92 Å². The number of benzene rings is 2. The average molecular weight is 399 g/mol. The molecule has 0 unspecified atom stereocenters. The van der Waals surface area contributed by atoms with E-state index in [0.29, 0.717) is 28.0 Å². The lowest BCUT2D eigenvalue weighted by Crippen LogP contribution is -2.15. The van der Waals surface area contributed by atoms with Gasteiger partial charge in [-0.3, -0.25) is 4.79 Å². The molecule has 0 radical (unpaired) electrons. The summed E-state index contributed by atoms with van der Waals surface area (Å²) in [6.07, 6.45) is 1.31. The number of aromatic nitrogens is 2. The number of carbonyl (C=O) groups is 1. The zero-order valence-electron chi connectivity index (χ0n) is 15.6. The molecule has 28 heavy (non-hydrogen) atoms. The highest BCUT2D eigenvalue weighted by Crippen LogP contribution is 2.37. The molecule has 0 aliphatic heterocycles. The number of nitrogens with one attached hydrogen (secondary N) is 2. The number of rotatable bonds is 6. The SMILES string of the molecule is COc1cc(Nc2cc(C(=O)Nc3ccccc3C)ncn2)c(OC)cc1Cl. The number of methoxy groups -OCH3 is 2. The van der Waals surface area contributed by atoms with Crippen LogP contribution in [0.15, 0.2) is 48.8 Å². The maximum absolute atomic E-state index is 12.5. The van der Waals surface area contributed by atoms with Crippen LogP contribution in [0.4, 0.5) is 17.2 Å². The maximum atomic E-state index is 12.5. The smallest absolute Gasteiger partial charge is 0.274 e. The molecule has 0 saturated carbocycles. The van der Waals surface area contributed by atoms with Gasteiger partial charge in [0.2, 0.25) is 0 Å². The first-order valence-electron chi connectivity index (χ1n) is 8.39. The van der Waals surface area contributed by atoms with Gasteiger partial charge in [-0.05, 0) is 18.6 Å². The standard InChI is InChI=1S/C20H19ClN4O3/c1-12-6-4-5-7-14(12)25-20(26)16-10-19(23-11-22-16)24-15-9-17(27-2)13(21)8-18(15)28-3/h4-11H,1-3H3,(H,25,26)(H,22,23,24). The first-order chi connectivity index (χ1) is 13.5. The molecule has 1 aromatic heterocycles. The van der Waals surface area contributed by atoms with Crippen LogP contribution in [0.5, 0.6) is 11.5 Å². The summed E-state index contributed by atoms with van der Waals surface area (Å²) in [5.41, 5.74) is 2.50. The zero-order chi connectivity index (χ0) is 20.1. The maximum Gasteiger partial charge on any atom is 0.274 e. The van der Waals surface area contributed by atoms with Gasteiger partial charge in [-0.1, -0.05) is 29.8 Å². The number of nitrogens with zero attached hydrogens (tertiary/aromatic N) is 2. The first-order valence-corrected chi connectivity index (χ1v) is 8.77. The molecule has 0 aliphatic rings. The summed E-state index contributed by atoms with van der Waals surface area (Å²) in [5, 5.41) is 6.37. The van der Waals surface area contributed by atoms with Crippen LogP contribution in [0.1, 0.15) is 16.1 Å². The van der Waals surface area contributed by atoms with Crippen LogP contribution in [0.25, 0.3) is 0 Å². The van der Waals surface area contributed by atoms with Gasteiger partial charge in [0, 0.05) is 23.9 Å². The highest BCUT2D eigenvalue weighted by Gasteiger charge is 2.13. The second-order valence-corrected chi connectivity index (χ2v) is 6.28. The molecule has 0 saturated heterocycles. The minimum atomic E-state index is -0.333. The quantitative estimate of drug-likeness (QED) is 0.638. The molecule has 3 aromatic rings. The van der Waals surface area contributed by atoms with Gasteiger partial charge in [0.25, 0.3) is 5.91 Å². The Morgan fingerprint density at radius 2 is 1.75 bits per heavy atom. The van der Waals surface area contributed by atoms with Crippen molar-refractivity contribution in [3.8, 4) is 11.5 Å². The lowest BCUT2D eigenvalue weighted by molar-refractivity contribution is 0.102. The van der Waals surface area contributed by atoms with E-state index in [1.54, 1.807) is 18.2 Å². The van der Waals surface area contributed by atoms with Crippen molar-refractivity contribution in [3.63, 3.8) is 0 Å². The summed E-state index contributed by atoms with van der Waals surface area (Å²) in [5.74, 6) is 1.08. The van der Waals surface area contributed by atoms with Gasteiger partial charge >= 0.3 is 0 Å². The molecule has 0 fully saturated rings. The molecule has 2 N–H and O–H groups in total. The van der Waals surface area contributed by atoms with Gasteiger partial charge < -0.3 is 20.1 Å². The van der Waals surface area contributed by atoms with Crippen LogP contribution < -0.4 is 20.1 Å². The largest absolute Gasteiger partial charge is 0.495 e. The van der Waals surface area contributed by atoms with Gasteiger partial charge in [0.1, 0.15) is 29.3 Å². The topological polar surface area (TPSA) is 85.4 Å². The molecule has 0 atom stereocenters. The molecule has 1 amide bonds. The minimum Gasteiger partial charge on any atom is -0.495 e. The summed E-state index contributed by atoms with van der Waals surface area (Å²) in [6.45, 7) is 1.92. The average Bonchev–Trinajstić information content (AvgIpc) is 2.70.